The van der Waals surface area contributed by atoms with E-state index in [0.29, 0.717) is 25.2 Å². The predicted octanol–water partition coefficient (Wildman–Crippen LogP) is 1.51. The smallest absolute Gasteiger partial charge is 0.282 e. The minimum absolute atomic E-state index is 0.108. The van der Waals surface area contributed by atoms with Crippen LogP contribution in [0.5, 0.6) is 0 Å². The van der Waals surface area contributed by atoms with E-state index in [0.717, 1.165) is 12.8 Å². The Morgan fingerprint density at radius 2 is 1.85 bits per heavy atom. The summed E-state index contributed by atoms with van der Waals surface area (Å²) in [6.07, 6.45) is 2.20. The molecule has 2 saturated heterocycles. The lowest BCUT2D eigenvalue weighted by atomic mass is 10.1. The van der Waals surface area contributed by atoms with Crippen LogP contribution in [0.3, 0.4) is 0 Å². The van der Waals surface area contributed by atoms with Crippen molar-refractivity contribution in [2.24, 2.45) is 0 Å². The van der Waals surface area contributed by atoms with Gasteiger partial charge in [-0.15, -0.1) is 0 Å². The molecule has 2 fully saturated rings. The molecule has 1 amide bonds. The molecule has 3 rings (SSSR count). The highest BCUT2D eigenvalue weighted by atomic mass is 16.6. The molecule has 20 heavy (non-hydrogen) atoms. The molecule has 1 aromatic rings. The maximum atomic E-state index is 12.6. The quantitative estimate of drug-likeness (QED) is 0.606. The van der Waals surface area contributed by atoms with E-state index >= 15 is 0 Å². The second-order valence-electron chi connectivity index (χ2n) is 5.53. The molecular weight excluding hydrogens is 258 g/mol. The van der Waals surface area contributed by atoms with Crippen molar-refractivity contribution in [3.8, 4) is 0 Å². The van der Waals surface area contributed by atoms with E-state index in [9.17, 15) is 14.9 Å². The third-order valence-corrected chi connectivity index (χ3v) is 4.47. The molecule has 0 aliphatic carbocycles. The van der Waals surface area contributed by atoms with Crippen LogP contribution in [-0.4, -0.2) is 52.9 Å². The fourth-order valence-electron chi connectivity index (χ4n) is 3.26. The highest BCUT2D eigenvalue weighted by molar-refractivity contribution is 5.98. The number of nitro benzene ring substituents is 1. The average molecular weight is 275 g/mol. The van der Waals surface area contributed by atoms with Gasteiger partial charge in [-0.2, -0.15) is 0 Å². The molecule has 0 radical (unpaired) electrons. The first kappa shape index (κ1) is 13.1. The summed E-state index contributed by atoms with van der Waals surface area (Å²) < 4.78 is 0. The summed E-state index contributed by atoms with van der Waals surface area (Å²) >= 11 is 0. The number of nitro groups is 1. The van der Waals surface area contributed by atoms with Crippen LogP contribution in [0.25, 0.3) is 0 Å². The highest BCUT2D eigenvalue weighted by Gasteiger charge is 2.40. The van der Waals surface area contributed by atoms with Crippen molar-refractivity contribution in [1.82, 2.24) is 9.80 Å². The molecule has 0 aromatic heterocycles. The molecule has 2 aliphatic rings. The Kier molecular flexibility index (Phi) is 3.17. The summed E-state index contributed by atoms with van der Waals surface area (Å²) in [6.45, 7) is 1.33. The first-order chi connectivity index (χ1) is 9.58. The zero-order chi connectivity index (χ0) is 14.3. The Hall–Kier alpha value is -1.95. The molecule has 2 unspecified atom stereocenters. The molecule has 6 nitrogen and oxygen atoms in total. The van der Waals surface area contributed by atoms with Crippen LogP contribution in [0.2, 0.25) is 0 Å². The third-order valence-electron chi connectivity index (χ3n) is 4.47. The van der Waals surface area contributed by atoms with Crippen molar-refractivity contribution in [3.63, 3.8) is 0 Å². The standard InChI is InChI=1S/C14H17N3O3/c1-15-10-6-7-11(15)9-16(8-10)14(18)12-4-2-3-5-13(12)17(19)20/h2-5,10-11H,6-9H2,1H3. The van der Waals surface area contributed by atoms with E-state index in [-0.39, 0.29) is 17.2 Å². The van der Waals surface area contributed by atoms with E-state index in [1.165, 1.54) is 6.07 Å². The van der Waals surface area contributed by atoms with Crippen molar-refractivity contribution < 1.29 is 9.72 Å². The number of hydrogen-bond acceptors (Lipinski definition) is 4. The number of likely N-dealkylation sites (tertiary alicyclic amines) is 1. The van der Waals surface area contributed by atoms with Gasteiger partial charge in [0.15, 0.2) is 0 Å². The number of para-hydroxylation sites is 1. The van der Waals surface area contributed by atoms with Crippen LogP contribution >= 0.6 is 0 Å². The monoisotopic (exact) mass is 275 g/mol. The minimum Gasteiger partial charge on any atom is -0.335 e. The Balaban J connectivity index is 1.85. The number of benzene rings is 1. The number of carbonyl (C=O) groups excluding carboxylic acids is 1. The van der Waals surface area contributed by atoms with Crippen LogP contribution in [0, 0.1) is 10.1 Å². The van der Waals surface area contributed by atoms with Crippen LogP contribution < -0.4 is 0 Å². The molecule has 2 bridgehead atoms. The Bertz CT molecular complexity index is 546. The van der Waals surface area contributed by atoms with E-state index in [2.05, 4.69) is 11.9 Å². The summed E-state index contributed by atoms with van der Waals surface area (Å²) in [5.74, 6) is -0.220. The Morgan fingerprint density at radius 3 is 2.45 bits per heavy atom. The Labute approximate surface area is 117 Å². The minimum atomic E-state index is -0.488. The lowest BCUT2D eigenvalue weighted by Crippen LogP contribution is -2.53. The highest BCUT2D eigenvalue weighted by Crippen LogP contribution is 2.30. The van der Waals surface area contributed by atoms with Crippen molar-refractivity contribution in [1.29, 1.82) is 0 Å². The van der Waals surface area contributed by atoms with Gasteiger partial charge in [0, 0.05) is 31.2 Å². The molecule has 2 aliphatic heterocycles. The van der Waals surface area contributed by atoms with E-state index in [1.807, 2.05) is 0 Å². The van der Waals surface area contributed by atoms with Crippen LogP contribution in [0.15, 0.2) is 24.3 Å². The van der Waals surface area contributed by atoms with Crippen molar-refractivity contribution >= 4 is 11.6 Å². The third kappa shape index (κ3) is 2.06. The largest absolute Gasteiger partial charge is 0.335 e. The number of rotatable bonds is 2. The number of piperazine rings is 1. The average Bonchev–Trinajstić information content (AvgIpc) is 2.68. The van der Waals surface area contributed by atoms with Gasteiger partial charge in [-0.25, -0.2) is 0 Å². The summed E-state index contributed by atoms with van der Waals surface area (Å²) in [5, 5.41) is 11.0. The van der Waals surface area contributed by atoms with Crippen LogP contribution in [0.4, 0.5) is 5.69 Å². The van der Waals surface area contributed by atoms with E-state index in [1.54, 1.807) is 23.1 Å². The Morgan fingerprint density at radius 1 is 1.25 bits per heavy atom. The molecule has 2 atom stereocenters. The van der Waals surface area contributed by atoms with Gasteiger partial charge in [0.05, 0.1) is 4.92 Å². The first-order valence-corrected chi connectivity index (χ1v) is 6.82. The van der Waals surface area contributed by atoms with Gasteiger partial charge in [0.25, 0.3) is 11.6 Å². The second kappa shape index (κ2) is 4.86. The zero-order valence-electron chi connectivity index (χ0n) is 11.4. The number of likely N-dealkylation sites (N-methyl/N-ethyl adjacent to an activating group) is 1. The van der Waals surface area contributed by atoms with Gasteiger partial charge < -0.3 is 4.90 Å². The topological polar surface area (TPSA) is 66.7 Å². The van der Waals surface area contributed by atoms with Crippen LogP contribution in [0.1, 0.15) is 23.2 Å². The van der Waals surface area contributed by atoms with Gasteiger partial charge in [0.1, 0.15) is 5.56 Å². The molecule has 1 aromatic carbocycles. The molecular formula is C14H17N3O3. The summed E-state index contributed by atoms with van der Waals surface area (Å²) in [6, 6.07) is 6.97. The number of nitrogens with zero attached hydrogens (tertiary/aromatic N) is 3. The fraction of sp³-hybridized carbons (Fsp3) is 0.500. The van der Waals surface area contributed by atoms with Crippen molar-refractivity contribution in [3.05, 3.63) is 39.9 Å². The zero-order valence-corrected chi connectivity index (χ0v) is 11.4. The SMILES string of the molecule is CN1C2CCC1CN(C(=O)c1ccccc1[N+](=O)[O-])C2. The summed E-state index contributed by atoms with van der Waals surface area (Å²) in [7, 11) is 2.09. The van der Waals surface area contributed by atoms with E-state index in [4.69, 9.17) is 0 Å². The molecule has 2 heterocycles. The van der Waals surface area contributed by atoms with Gasteiger partial charge in [-0.3, -0.25) is 19.8 Å². The van der Waals surface area contributed by atoms with Gasteiger partial charge in [-0.05, 0) is 26.0 Å². The lowest BCUT2D eigenvalue weighted by molar-refractivity contribution is -0.385. The van der Waals surface area contributed by atoms with Gasteiger partial charge in [0.2, 0.25) is 0 Å². The predicted molar refractivity (Wildman–Crippen MR) is 73.6 cm³/mol. The molecule has 0 N–H and O–H groups in total. The molecule has 0 spiro atoms. The normalized spacial score (nSPS) is 25.8. The summed E-state index contributed by atoms with van der Waals surface area (Å²) in [5.41, 5.74) is 0.0882. The van der Waals surface area contributed by atoms with Crippen molar-refractivity contribution in [2.75, 3.05) is 20.1 Å². The molecule has 0 saturated carbocycles. The molecule has 6 heteroatoms. The lowest BCUT2D eigenvalue weighted by Gasteiger charge is -2.38. The maximum Gasteiger partial charge on any atom is 0.282 e. The number of amides is 1. The summed E-state index contributed by atoms with van der Waals surface area (Å²) in [4.78, 5) is 27.2. The molecule has 106 valence electrons. The number of carbonyl (C=O) groups is 1. The first-order valence-electron chi connectivity index (χ1n) is 6.82. The van der Waals surface area contributed by atoms with Gasteiger partial charge >= 0.3 is 0 Å². The van der Waals surface area contributed by atoms with E-state index < -0.39 is 4.92 Å². The van der Waals surface area contributed by atoms with Gasteiger partial charge in [-0.1, -0.05) is 12.1 Å². The maximum absolute atomic E-state index is 12.6. The number of fused-ring (bicyclic) bond motifs is 2. The van der Waals surface area contributed by atoms with Crippen LogP contribution in [-0.2, 0) is 0 Å². The number of hydrogen-bond donors (Lipinski definition) is 0. The fourth-order valence-corrected chi connectivity index (χ4v) is 3.26. The second-order valence-corrected chi connectivity index (χ2v) is 5.53. The van der Waals surface area contributed by atoms with Crippen molar-refractivity contribution in [2.45, 2.75) is 24.9 Å².